The van der Waals surface area contributed by atoms with Crippen LogP contribution in [0.1, 0.15) is 46.0 Å². The van der Waals surface area contributed by atoms with E-state index in [-0.39, 0.29) is 12.7 Å². The van der Waals surface area contributed by atoms with Crippen molar-refractivity contribution in [3.05, 3.63) is 0 Å². The van der Waals surface area contributed by atoms with E-state index in [0.717, 1.165) is 45.2 Å². The molecule has 106 valence electrons. The Bertz CT molecular complexity index is 237. The second kappa shape index (κ2) is 8.35. The molecule has 0 spiro atoms. The monoisotopic (exact) mass is 257 g/mol. The maximum atomic E-state index is 11.7. The van der Waals surface area contributed by atoms with E-state index in [4.69, 9.17) is 9.84 Å². The summed E-state index contributed by atoms with van der Waals surface area (Å²) in [5, 5.41) is 8.94. The fourth-order valence-electron chi connectivity index (χ4n) is 2.49. The molecule has 1 atom stereocenters. The van der Waals surface area contributed by atoms with Crippen molar-refractivity contribution in [3.63, 3.8) is 0 Å². The predicted octanol–water partition coefficient (Wildman–Crippen LogP) is 2.65. The number of hydrogen-bond acceptors (Lipinski definition) is 3. The Hall–Kier alpha value is -0.770. The Morgan fingerprint density at radius 3 is 2.67 bits per heavy atom. The minimum absolute atomic E-state index is 0.156. The van der Waals surface area contributed by atoms with Crippen molar-refractivity contribution in [2.24, 2.45) is 11.8 Å². The van der Waals surface area contributed by atoms with E-state index in [1.165, 1.54) is 0 Å². The summed E-state index contributed by atoms with van der Waals surface area (Å²) >= 11 is 0. The van der Waals surface area contributed by atoms with Gasteiger partial charge in [0.1, 0.15) is 0 Å². The number of amides is 1. The van der Waals surface area contributed by atoms with Crippen molar-refractivity contribution < 1.29 is 14.6 Å². The number of aliphatic hydroxyl groups is 1. The average molecular weight is 257 g/mol. The highest BCUT2D eigenvalue weighted by Crippen LogP contribution is 2.27. The Kier molecular flexibility index (Phi) is 7.09. The molecule has 1 heterocycles. The van der Waals surface area contributed by atoms with Gasteiger partial charge >= 0.3 is 6.09 Å². The Morgan fingerprint density at radius 1 is 1.44 bits per heavy atom. The van der Waals surface area contributed by atoms with Gasteiger partial charge in [-0.05, 0) is 37.5 Å². The summed E-state index contributed by atoms with van der Waals surface area (Å²) in [5.74, 6) is 1.19. The number of piperidine rings is 1. The lowest BCUT2D eigenvalue weighted by Gasteiger charge is -2.34. The van der Waals surface area contributed by atoms with Gasteiger partial charge in [-0.15, -0.1) is 0 Å². The van der Waals surface area contributed by atoms with E-state index >= 15 is 0 Å². The molecule has 18 heavy (non-hydrogen) atoms. The van der Waals surface area contributed by atoms with Crippen molar-refractivity contribution in [2.45, 2.75) is 46.0 Å². The van der Waals surface area contributed by atoms with Gasteiger partial charge in [0.15, 0.2) is 0 Å². The highest BCUT2D eigenvalue weighted by molar-refractivity contribution is 5.67. The van der Waals surface area contributed by atoms with Crippen LogP contribution in [-0.4, -0.2) is 42.4 Å². The number of ether oxygens (including phenoxy) is 1. The molecule has 1 fully saturated rings. The van der Waals surface area contributed by atoms with Crippen molar-refractivity contribution in [1.82, 2.24) is 4.90 Å². The molecule has 0 aromatic carbocycles. The van der Waals surface area contributed by atoms with E-state index in [2.05, 4.69) is 13.8 Å². The van der Waals surface area contributed by atoms with E-state index in [1.807, 2.05) is 4.90 Å². The lowest BCUT2D eigenvalue weighted by atomic mass is 9.84. The number of aliphatic hydroxyl groups excluding tert-OH is 1. The highest BCUT2D eigenvalue weighted by atomic mass is 16.6. The summed E-state index contributed by atoms with van der Waals surface area (Å²) in [4.78, 5) is 13.6. The molecule has 1 N–H and O–H groups in total. The van der Waals surface area contributed by atoms with Crippen molar-refractivity contribution in [2.75, 3.05) is 26.3 Å². The molecule has 1 rings (SSSR count). The van der Waals surface area contributed by atoms with Gasteiger partial charge < -0.3 is 14.7 Å². The maximum Gasteiger partial charge on any atom is 0.409 e. The number of rotatable bonds is 6. The number of nitrogens with zero attached hydrogens (tertiary/aromatic N) is 1. The molecule has 1 aliphatic rings. The zero-order valence-corrected chi connectivity index (χ0v) is 11.7. The van der Waals surface area contributed by atoms with Crippen LogP contribution in [0.3, 0.4) is 0 Å². The van der Waals surface area contributed by atoms with E-state index in [9.17, 15) is 4.79 Å². The summed E-state index contributed by atoms with van der Waals surface area (Å²) in [5.41, 5.74) is 0. The van der Waals surface area contributed by atoms with Crippen molar-refractivity contribution >= 4 is 6.09 Å². The van der Waals surface area contributed by atoms with Crippen LogP contribution in [0.15, 0.2) is 0 Å². The van der Waals surface area contributed by atoms with Gasteiger partial charge in [0.25, 0.3) is 0 Å². The summed E-state index contributed by atoms with van der Waals surface area (Å²) in [6, 6.07) is 0. The first-order valence-electron chi connectivity index (χ1n) is 7.21. The Balaban J connectivity index is 2.23. The lowest BCUT2D eigenvalue weighted by Crippen LogP contribution is -2.40. The van der Waals surface area contributed by atoms with E-state index in [1.54, 1.807) is 0 Å². The van der Waals surface area contributed by atoms with Crippen molar-refractivity contribution in [3.8, 4) is 0 Å². The van der Waals surface area contributed by atoms with Crippen LogP contribution in [0.25, 0.3) is 0 Å². The summed E-state index contributed by atoms with van der Waals surface area (Å²) in [6.45, 7) is 6.67. The van der Waals surface area contributed by atoms with E-state index in [0.29, 0.717) is 18.4 Å². The minimum Gasteiger partial charge on any atom is -0.449 e. The second-order valence-electron chi connectivity index (χ2n) is 5.28. The van der Waals surface area contributed by atoms with Crippen molar-refractivity contribution in [1.29, 1.82) is 0 Å². The number of carbonyl (C=O) groups excluding carboxylic acids is 1. The Morgan fingerprint density at radius 2 is 2.11 bits per heavy atom. The first-order valence-corrected chi connectivity index (χ1v) is 7.21. The van der Waals surface area contributed by atoms with Gasteiger partial charge in [-0.25, -0.2) is 4.79 Å². The normalized spacial score (nSPS) is 18.7. The number of unbranched alkanes of at least 4 members (excludes halogenated alkanes) is 1. The molecule has 0 radical (unpaired) electrons. The quantitative estimate of drug-likeness (QED) is 0.744. The SMILES string of the molecule is CCCCOC(=O)N1CCC([C@H](C)CCO)CC1. The zero-order valence-electron chi connectivity index (χ0n) is 11.7. The van der Waals surface area contributed by atoms with Gasteiger partial charge in [-0.2, -0.15) is 0 Å². The first-order chi connectivity index (χ1) is 8.69. The zero-order chi connectivity index (χ0) is 13.4. The third kappa shape index (κ3) is 4.84. The Labute approximate surface area is 110 Å². The molecule has 0 aliphatic carbocycles. The third-order valence-electron chi connectivity index (χ3n) is 3.91. The molecule has 1 amide bonds. The van der Waals surface area contributed by atoms with Crippen LogP contribution >= 0.6 is 0 Å². The van der Waals surface area contributed by atoms with Gasteiger partial charge in [0, 0.05) is 19.7 Å². The second-order valence-corrected chi connectivity index (χ2v) is 5.28. The molecule has 0 bridgehead atoms. The number of carbonyl (C=O) groups is 1. The highest BCUT2D eigenvalue weighted by Gasteiger charge is 2.26. The molecule has 1 aliphatic heterocycles. The summed E-state index contributed by atoms with van der Waals surface area (Å²) in [7, 11) is 0. The van der Waals surface area contributed by atoms with Crippen LogP contribution in [0, 0.1) is 11.8 Å². The molecular weight excluding hydrogens is 230 g/mol. The topological polar surface area (TPSA) is 49.8 Å². The fourth-order valence-corrected chi connectivity index (χ4v) is 2.49. The standard InChI is InChI=1S/C14H27NO3/c1-3-4-11-18-14(17)15-8-5-13(6-9-15)12(2)7-10-16/h12-13,16H,3-11H2,1-2H3/t12-/m1/s1. The molecule has 0 unspecified atom stereocenters. The summed E-state index contributed by atoms with van der Waals surface area (Å²) < 4.78 is 5.21. The van der Waals surface area contributed by atoms with Gasteiger partial charge in [0.2, 0.25) is 0 Å². The number of hydrogen-bond donors (Lipinski definition) is 1. The first kappa shape index (κ1) is 15.3. The molecule has 0 aromatic rings. The number of likely N-dealkylation sites (tertiary alicyclic amines) is 1. The molecule has 4 nitrogen and oxygen atoms in total. The predicted molar refractivity (Wildman–Crippen MR) is 71.4 cm³/mol. The fraction of sp³-hybridized carbons (Fsp3) is 0.929. The minimum atomic E-state index is -0.156. The molecular formula is C14H27NO3. The van der Waals surface area contributed by atoms with E-state index < -0.39 is 0 Å². The van der Waals surface area contributed by atoms with Gasteiger partial charge in [0.05, 0.1) is 6.61 Å². The smallest absolute Gasteiger partial charge is 0.409 e. The molecule has 1 saturated heterocycles. The van der Waals surface area contributed by atoms with Crippen LogP contribution in [0.2, 0.25) is 0 Å². The maximum absolute atomic E-state index is 11.7. The third-order valence-corrected chi connectivity index (χ3v) is 3.91. The van der Waals surface area contributed by atoms with Gasteiger partial charge in [-0.1, -0.05) is 20.3 Å². The van der Waals surface area contributed by atoms with Gasteiger partial charge in [-0.3, -0.25) is 0 Å². The van der Waals surface area contributed by atoms with Crippen LogP contribution in [0.4, 0.5) is 4.79 Å². The average Bonchev–Trinajstić information content (AvgIpc) is 2.39. The molecule has 0 aromatic heterocycles. The summed E-state index contributed by atoms with van der Waals surface area (Å²) in [6.07, 6.45) is 4.76. The molecule has 0 saturated carbocycles. The van der Waals surface area contributed by atoms with Crippen LogP contribution < -0.4 is 0 Å². The van der Waals surface area contributed by atoms with Crippen LogP contribution in [0.5, 0.6) is 0 Å². The largest absolute Gasteiger partial charge is 0.449 e. The lowest BCUT2D eigenvalue weighted by molar-refractivity contribution is 0.0782. The van der Waals surface area contributed by atoms with Crippen LogP contribution in [-0.2, 0) is 4.74 Å². The molecule has 4 heteroatoms.